The van der Waals surface area contributed by atoms with E-state index >= 15 is 0 Å². The van der Waals surface area contributed by atoms with Gasteiger partial charge in [0.2, 0.25) is 0 Å². The zero-order valence-electron chi connectivity index (χ0n) is 16.9. The fourth-order valence-corrected chi connectivity index (χ4v) is 2.32. The lowest BCUT2D eigenvalue weighted by Crippen LogP contribution is -2.19. The van der Waals surface area contributed by atoms with Gasteiger partial charge in [-0.25, -0.2) is 0 Å². The van der Waals surface area contributed by atoms with Gasteiger partial charge >= 0.3 is 12.1 Å². The van der Waals surface area contributed by atoms with E-state index in [1.807, 2.05) is 20.8 Å². The Balaban J connectivity index is 0. The molecule has 0 aromatic rings. The van der Waals surface area contributed by atoms with Crippen molar-refractivity contribution in [3.8, 4) is 0 Å². The fourth-order valence-electron chi connectivity index (χ4n) is 2.32. The molecule has 1 heterocycles. The summed E-state index contributed by atoms with van der Waals surface area (Å²) in [4.78, 5) is 11.3. The van der Waals surface area contributed by atoms with Gasteiger partial charge in [-0.2, -0.15) is 13.2 Å². The molecule has 26 heavy (non-hydrogen) atoms. The zero-order valence-corrected chi connectivity index (χ0v) is 16.9. The summed E-state index contributed by atoms with van der Waals surface area (Å²) >= 11 is 0. The predicted molar refractivity (Wildman–Crippen MR) is 96.9 cm³/mol. The van der Waals surface area contributed by atoms with Crippen LogP contribution in [-0.2, 0) is 14.3 Å². The Hall–Kier alpha value is -0.820. The first-order valence-electron chi connectivity index (χ1n) is 9.58. The molecule has 0 amide bonds. The van der Waals surface area contributed by atoms with Crippen molar-refractivity contribution in [1.82, 2.24) is 0 Å². The molecule has 0 spiro atoms. The maximum absolute atomic E-state index is 11.3. The first-order valence-corrected chi connectivity index (χ1v) is 9.58. The van der Waals surface area contributed by atoms with Crippen LogP contribution in [0.15, 0.2) is 0 Å². The maximum Gasteiger partial charge on any atom is 0.389 e. The van der Waals surface area contributed by atoms with Crippen molar-refractivity contribution in [1.29, 1.82) is 0 Å². The van der Waals surface area contributed by atoms with Gasteiger partial charge in [-0.05, 0) is 38.0 Å². The second kappa shape index (κ2) is 16.4. The first-order chi connectivity index (χ1) is 12.1. The van der Waals surface area contributed by atoms with Crippen LogP contribution in [0.1, 0.15) is 73.1 Å². The number of aliphatic hydroxyl groups excluding tert-OH is 1. The van der Waals surface area contributed by atoms with Gasteiger partial charge in [0, 0.05) is 19.6 Å². The molecule has 1 aliphatic rings. The van der Waals surface area contributed by atoms with E-state index in [9.17, 15) is 18.0 Å². The van der Waals surface area contributed by atoms with Crippen molar-refractivity contribution in [2.24, 2.45) is 11.8 Å². The summed E-state index contributed by atoms with van der Waals surface area (Å²) in [6, 6.07) is 0. The third-order valence-electron chi connectivity index (χ3n) is 3.57. The van der Waals surface area contributed by atoms with Crippen LogP contribution in [0.25, 0.3) is 0 Å². The van der Waals surface area contributed by atoms with E-state index < -0.39 is 12.6 Å². The highest BCUT2D eigenvalue weighted by atomic mass is 19.4. The Kier molecular flexibility index (Phi) is 17.2. The number of carbonyl (C=O) groups is 1. The van der Waals surface area contributed by atoms with Crippen LogP contribution in [0, 0.1) is 11.8 Å². The van der Waals surface area contributed by atoms with E-state index in [4.69, 9.17) is 14.6 Å². The lowest BCUT2D eigenvalue weighted by molar-refractivity contribution is -0.149. The Labute approximate surface area is 156 Å². The maximum atomic E-state index is 11.3. The standard InChI is InChI=1S/C13H24O3.C4H7F3O.C2H6/c1-10(2)4-5-12-8-11(3)16-13(14)6-7-15-9-12;5-4(6,7)2-1-3-8;1-2/h10-12H,4-9H2,1-3H3;8H,1-3H2;1-2H3. The van der Waals surface area contributed by atoms with E-state index in [1.54, 1.807) is 0 Å². The second-order valence-electron chi connectivity index (χ2n) is 6.64. The second-order valence-corrected chi connectivity index (χ2v) is 6.64. The molecule has 1 saturated heterocycles. The molecule has 0 saturated carbocycles. The minimum atomic E-state index is -4.11. The predicted octanol–water partition coefficient (Wildman–Crippen LogP) is 5.13. The quantitative estimate of drug-likeness (QED) is 0.666. The number of alkyl halides is 3. The summed E-state index contributed by atoms with van der Waals surface area (Å²) < 4.78 is 44.2. The highest BCUT2D eigenvalue weighted by Crippen LogP contribution is 2.21. The number of hydrogen-bond donors (Lipinski definition) is 1. The normalized spacial score (nSPS) is 21.2. The molecule has 4 nitrogen and oxygen atoms in total. The Bertz CT molecular complexity index is 333. The van der Waals surface area contributed by atoms with Crippen molar-refractivity contribution in [3.63, 3.8) is 0 Å². The van der Waals surface area contributed by atoms with E-state index in [1.165, 1.54) is 12.8 Å². The third-order valence-corrected chi connectivity index (χ3v) is 3.57. The smallest absolute Gasteiger partial charge is 0.389 e. The van der Waals surface area contributed by atoms with Gasteiger partial charge in [-0.3, -0.25) is 4.79 Å². The van der Waals surface area contributed by atoms with Gasteiger partial charge in [0.1, 0.15) is 0 Å². The lowest BCUT2D eigenvalue weighted by Gasteiger charge is -2.20. The summed E-state index contributed by atoms with van der Waals surface area (Å²) in [5.41, 5.74) is 0. The van der Waals surface area contributed by atoms with Crippen molar-refractivity contribution in [3.05, 3.63) is 0 Å². The zero-order chi connectivity index (χ0) is 20.6. The number of aliphatic hydroxyl groups is 1. The Morgan fingerprint density at radius 2 is 1.88 bits per heavy atom. The molecule has 2 atom stereocenters. The third kappa shape index (κ3) is 19.5. The van der Waals surface area contributed by atoms with Gasteiger partial charge in [0.25, 0.3) is 0 Å². The van der Waals surface area contributed by atoms with Gasteiger partial charge in [-0.15, -0.1) is 0 Å². The molecule has 158 valence electrons. The molecule has 1 N–H and O–H groups in total. The van der Waals surface area contributed by atoms with Crippen LogP contribution in [0.5, 0.6) is 0 Å². The molecule has 1 fully saturated rings. The Morgan fingerprint density at radius 3 is 2.35 bits per heavy atom. The summed E-state index contributed by atoms with van der Waals surface area (Å²) in [7, 11) is 0. The molecular formula is C19H37F3O4. The monoisotopic (exact) mass is 386 g/mol. The molecule has 1 aliphatic heterocycles. The molecule has 0 bridgehead atoms. The van der Waals surface area contributed by atoms with Crippen LogP contribution in [0.4, 0.5) is 13.2 Å². The minimum absolute atomic E-state index is 0.0337. The van der Waals surface area contributed by atoms with E-state index in [-0.39, 0.29) is 25.1 Å². The number of hydrogen-bond acceptors (Lipinski definition) is 4. The number of esters is 1. The fraction of sp³-hybridized carbons (Fsp3) is 0.947. The van der Waals surface area contributed by atoms with E-state index in [0.29, 0.717) is 18.9 Å². The number of halogens is 3. The number of rotatable bonds is 5. The average Bonchev–Trinajstić information content (AvgIpc) is 2.63. The molecule has 0 aromatic heterocycles. The van der Waals surface area contributed by atoms with Crippen LogP contribution in [0.3, 0.4) is 0 Å². The van der Waals surface area contributed by atoms with Crippen molar-refractivity contribution >= 4 is 5.97 Å². The molecular weight excluding hydrogens is 349 g/mol. The average molecular weight is 386 g/mol. The van der Waals surface area contributed by atoms with Gasteiger partial charge < -0.3 is 14.6 Å². The summed E-state index contributed by atoms with van der Waals surface area (Å²) in [6.07, 6.45) is -1.45. The molecule has 0 aromatic carbocycles. The van der Waals surface area contributed by atoms with Gasteiger partial charge in [0.15, 0.2) is 0 Å². The molecule has 1 rings (SSSR count). The minimum Gasteiger partial charge on any atom is -0.463 e. The lowest BCUT2D eigenvalue weighted by atomic mass is 9.94. The number of ether oxygens (including phenoxy) is 2. The summed E-state index contributed by atoms with van der Waals surface area (Å²) in [5.74, 6) is 1.13. The number of carbonyl (C=O) groups excluding carboxylic acids is 1. The Morgan fingerprint density at radius 1 is 1.27 bits per heavy atom. The van der Waals surface area contributed by atoms with E-state index in [2.05, 4.69) is 13.8 Å². The van der Waals surface area contributed by atoms with Gasteiger partial charge in [-0.1, -0.05) is 34.1 Å². The molecule has 0 aliphatic carbocycles. The topological polar surface area (TPSA) is 55.8 Å². The highest BCUT2D eigenvalue weighted by molar-refractivity contribution is 5.69. The van der Waals surface area contributed by atoms with Crippen molar-refractivity contribution < 1.29 is 32.5 Å². The van der Waals surface area contributed by atoms with Crippen LogP contribution in [0.2, 0.25) is 0 Å². The first kappa shape index (κ1) is 27.4. The van der Waals surface area contributed by atoms with Crippen LogP contribution in [-0.4, -0.2) is 43.2 Å². The van der Waals surface area contributed by atoms with Crippen molar-refractivity contribution in [2.75, 3.05) is 19.8 Å². The summed E-state index contributed by atoms with van der Waals surface area (Å²) in [5, 5.41) is 7.93. The molecule has 7 heteroatoms. The highest BCUT2D eigenvalue weighted by Gasteiger charge is 2.25. The van der Waals surface area contributed by atoms with E-state index in [0.717, 1.165) is 18.9 Å². The SMILES string of the molecule is CC.CC(C)CCC1COCCC(=O)OC(C)C1.OCCCC(F)(F)F. The van der Waals surface area contributed by atoms with Crippen LogP contribution >= 0.6 is 0 Å². The largest absolute Gasteiger partial charge is 0.463 e. The summed E-state index contributed by atoms with van der Waals surface area (Å²) in [6.45, 7) is 11.3. The number of cyclic esters (lactones) is 1. The van der Waals surface area contributed by atoms with Crippen molar-refractivity contribution in [2.45, 2.75) is 85.4 Å². The van der Waals surface area contributed by atoms with Gasteiger partial charge in [0.05, 0.1) is 19.1 Å². The molecule has 0 radical (unpaired) electrons. The van der Waals surface area contributed by atoms with Crippen LogP contribution < -0.4 is 0 Å². The molecule has 2 unspecified atom stereocenters.